The summed E-state index contributed by atoms with van der Waals surface area (Å²) in [6.07, 6.45) is 38.7. The summed E-state index contributed by atoms with van der Waals surface area (Å²) in [6.45, 7) is 3.50. The molecule has 346 valence electrons. The number of unbranched alkanes of at least 4 members (excludes halogenated alkanes) is 2. The van der Waals surface area contributed by atoms with Crippen molar-refractivity contribution < 1.29 is 57.4 Å². The number of rotatable bonds is 34. The molecule has 0 spiro atoms. The van der Waals surface area contributed by atoms with Gasteiger partial charge in [-0.25, -0.2) is 0 Å². The van der Waals surface area contributed by atoms with E-state index in [0.29, 0.717) is 30.3 Å². The van der Waals surface area contributed by atoms with E-state index in [-0.39, 0.29) is 37.7 Å². The lowest BCUT2D eigenvalue weighted by Gasteiger charge is -2.28. The number of phosphoric acid groups is 1. The number of carbonyl (C=O) groups excluding carboxylic acids is 2. The number of hydrogen-bond donors (Lipinski definition) is 3. The number of quaternary nitrogens is 1. The summed E-state index contributed by atoms with van der Waals surface area (Å²) >= 11 is 0. The van der Waals surface area contributed by atoms with Crippen LogP contribution in [0, 0.1) is 11.8 Å². The van der Waals surface area contributed by atoms with Crippen molar-refractivity contribution in [2.75, 3.05) is 47.5 Å². The number of esters is 2. The maximum atomic E-state index is 12.8. The zero-order valence-corrected chi connectivity index (χ0v) is 38.5. The molecule has 0 saturated heterocycles. The fourth-order valence-electron chi connectivity index (χ4n) is 6.18. The van der Waals surface area contributed by atoms with Gasteiger partial charge in [0, 0.05) is 18.8 Å². The number of nitrogens with zero attached hydrogens (tertiary/aromatic N) is 1. The van der Waals surface area contributed by atoms with Gasteiger partial charge in [-0.2, -0.15) is 0 Å². The Kier molecular flexibility index (Phi) is 31.4. The van der Waals surface area contributed by atoms with Gasteiger partial charge in [-0.1, -0.05) is 130 Å². The van der Waals surface area contributed by atoms with Crippen LogP contribution in [0.25, 0.3) is 0 Å². The summed E-state index contributed by atoms with van der Waals surface area (Å²) in [7, 11) is 0.913. The lowest BCUT2D eigenvalue weighted by atomic mass is 9.89. The van der Waals surface area contributed by atoms with E-state index in [1.54, 1.807) is 24.3 Å². The summed E-state index contributed by atoms with van der Waals surface area (Å²) in [6, 6.07) is 0. The summed E-state index contributed by atoms with van der Waals surface area (Å²) in [4.78, 5) is 37.8. The fraction of sp³-hybridized carbons (Fsp3) is 0.625. The molecule has 7 atom stereocenters. The third kappa shape index (κ3) is 31.3. The van der Waals surface area contributed by atoms with E-state index < -0.39 is 57.4 Å². The van der Waals surface area contributed by atoms with E-state index in [1.807, 2.05) is 33.3 Å². The highest BCUT2D eigenvalue weighted by molar-refractivity contribution is 7.45. The topological polar surface area (TPSA) is 172 Å². The predicted octanol–water partition coefficient (Wildman–Crippen LogP) is 8.32. The molecule has 0 aromatic rings. The Morgan fingerprint density at radius 2 is 1.36 bits per heavy atom. The maximum Gasteiger partial charge on any atom is 0.310 e. The molecule has 12 nitrogen and oxygen atoms in total. The van der Waals surface area contributed by atoms with Crippen molar-refractivity contribution in [3.8, 4) is 0 Å². The van der Waals surface area contributed by atoms with Crippen molar-refractivity contribution in [3.63, 3.8) is 0 Å². The second-order valence-electron chi connectivity index (χ2n) is 16.3. The first kappa shape index (κ1) is 55.8. The number of likely N-dealkylation sites (N-methyl/N-ethyl adjacent to an activating group) is 1. The van der Waals surface area contributed by atoms with Crippen LogP contribution in [0.2, 0.25) is 0 Å². The first-order chi connectivity index (χ1) is 29.2. The quantitative estimate of drug-likeness (QED) is 0.0187. The average molecular weight is 876 g/mol. The van der Waals surface area contributed by atoms with Crippen molar-refractivity contribution >= 4 is 19.8 Å². The van der Waals surface area contributed by atoms with Gasteiger partial charge < -0.3 is 43.2 Å². The molecule has 1 saturated carbocycles. The zero-order valence-electron chi connectivity index (χ0n) is 37.6. The summed E-state index contributed by atoms with van der Waals surface area (Å²) in [5.74, 6) is -1.91. The minimum absolute atomic E-state index is 0.0797. The van der Waals surface area contributed by atoms with Crippen LogP contribution in [0.1, 0.15) is 110 Å². The van der Waals surface area contributed by atoms with Gasteiger partial charge in [0.1, 0.15) is 19.8 Å². The Hall–Kier alpha value is -3.19. The van der Waals surface area contributed by atoms with Crippen LogP contribution in [0.4, 0.5) is 0 Å². The van der Waals surface area contributed by atoms with E-state index in [9.17, 15) is 34.4 Å². The monoisotopic (exact) mass is 876 g/mol. The van der Waals surface area contributed by atoms with Gasteiger partial charge in [-0.15, -0.1) is 0 Å². The molecule has 1 aliphatic rings. The molecule has 0 amide bonds. The van der Waals surface area contributed by atoms with E-state index in [0.717, 1.165) is 57.8 Å². The Morgan fingerprint density at radius 1 is 0.770 bits per heavy atom. The number of aliphatic hydroxyl groups is 3. The molecule has 0 bridgehead atoms. The lowest BCUT2D eigenvalue weighted by Crippen LogP contribution is -2.37. The smallest absolute Gasteiger partial charge is 0.310 e. The molecule has 0 aliphatic heterocycles. The first-order valence-electron chi connectivity index (χ1n) is 22.2. The van der Waals surface area contributed by atoms with Gasteiger partial charge in [0.05, 0.1) is 52.5 Å². The minimum Gasteiger partial charge on any atom is -0.756 e. The van der Waals surface area contributed by atoms with E-state index in [4.69, 9.17) is 18.5 Å². The predicted molar refractivity (Wildman–Crippen MR) is 242 cm³/mol. The number of ether oxygens (including phenoxy) is 2. The van der Waals surface area contributed by atoms with Gasteiger partial charge in [-0.05, 0) is 63.7 Å². The van der Waals surface area contributed by atoms with Crippen LogP contribution < -0.4 is 4.89 Å². The molecule has 3 N–H and O–H groups in total. The van der Waals surface area contributed by atoms with Crippen LogP contribution in [0.5, 0.6) is 0 Å². The minimum atomic E-state index is -4.74. The lowest BCUT2D eigenvalue weighted by molar-refractivity contribution is -0.870. The van der Waals surface area contributed by atoms with E-state index in [1.165, 1.54) is 0 Å². The summed E-state index contributed by atoms with van der Waals surface area (Å²) in [5, 5.41) is 31.4. The molecule has 0 aromatic heterocycles. The molecule has 0 radical (unpaired) electrons. The standard InChI is InChI=1S/C48H78NO11P/c1-6-8-10-11-12-13-14-15-16-17-18-19-20-21-22-23-24-25-27-32-47(53)57-39-42(40-59-61(55,56)58-37-36-49(3,4)5)60-48(54)33-29-28-31-43-44(46(52)38-45(43)51)35-34-41(50)30-26-9-7-2/h8,10,12-13,15-16,18-19,21-22,24-25,28-29,34-35,41-46,50-52H,6-7,9,11,14,17,20,23,26-27,30-33,36-40H2,1-5H3/b10-8-,13-12-,16-15-,19-18-,22-21-,25-24-,29-28-,35-34+/t41-,42-,43+,44-,45+,46-/m1/s1. The molecule has 61 heavy (non-hydrogen) atoms. The maximum absolute atomic E-state index is 12.8. The van der Waals surface area contributed by atoms with Gasteiger partial charge >= 0.3 is 11.9 Å². The third-order valence-corrected chi connectivity index (χ3v) is 10.7. The summed E-state index contributed by atoms with van der Waals surface area (Å²) < 4.78 is 33.7. The molecule has 13 heteroatoms. The Bertz CT molecular complexity index is 1480. The molecule has 0 heterocycles. The van der Waals surface area contributed by atoms with Crippen LogP contribution in [0.15, 0.2) is 97.2 Å². The van der Waals surface area contributed by atoms with Gasteiger partial charge in [-0.3, -0.25) is 14.2 Å². The van der Waals surface area contributed by atoms with Crippen molar-refractivity contribution in [1.29, 1.82) is 0 Å². The Balaban J connectivity index is 2.60. The largest absolute Gasteiger partial charge is 0.756 e. The zero-order chi connectivity index (χ0) is 45.2. The highest BCUT2D eigenvalue weighted by atomic mass is 31.2. The Morgan fingerprint density at radius 3 is 1.93 bits per heavy atom. The number of carbonyl (C=O) groups is 2. The number of phosphoric ester groups is 1. The second kappa shape index (κ2) is 34.3. The first-order valence-corrected chi connectivity index (χ1v) is 23.7. The van der Waals surface area contributed by atoms with Crippen LogP contribution in [-0.2, 0) is 32.7 Å². The van der Waals surface area contributed by atoms with Crippen LogP contribution in [-0.4, -0.2) is 104 Å². The number of aliphatic hydroxyl groups excluding tert-OH is 3. The van der Waals surface area contributed by atoms with Crippen molar-refractivity contribution in [3.05, 3.63) is 97.2 Å². The fourth-order valence-corrected chi connectivity index (χ4v) is 6.91. The average Bonchev–Trinajstić information content (AvgIpc) is 3.47. The van der Waals surface area contributed by atoms with E-state index >= 15 is 0 Å². The number of allylic oxidation sites excluding steroid dienone is 13. The van der Waals surface area contributed by atoms with Crippen molar-refractivity contribution in [2.45, 2.75) is 135 Å². The normalized spacial score (nSPS) is 21.1. The highest BCUT2D eigenvalue weighted by Gasteiger charge is 2.39. The highest BCUT2D eigenvalue weighted by Crippen LogP contribution is 2.38. The second-order valence-corrected chi connectivity index (χ2v) is 17.7. The molecule has 1 aliphatic carbocycles. The Labute approximate surface area is 367 Å². The molecular formula is C48H78NO11P. The third-order valence-electron chi connectivity index (χ3n) is 9.70. The van der Waals surface area contributed by atoms with Crippen LogP contribution >= 0.6 is 7.82 Å². The molecule has 0 aromatic carbocycles. The van der Waals surface area contributed by atoms with Gasteiger partial charge in [0.25, 0.3) is 7.82 Å². The van der Waals surface area contributed by atoms with E-state index in [2.05, 4.69) is 74.6 Å². The SMILES string of the molecule is CC/C=C\C/C=C\C/C=C\C/C=C\C/C=C\C/C=C\CCC(=O)OC[C@H](COP(=O)([O-])OCC[N+](C)(C)C)OC(=O)C/C=C\C[C@H]1[C@@H](/C=C/[C@H](O)CCCCC)[C@H](O)C[C@@H]1O. The van der Waals surface area contributed by atoms with Crippen molar-refractivity contribution in [2.24, 2.45) is 11.8 Å². The van der Waals surface area contributed by atoms with Gasteiger partial charge in [0.15, 0.2) is 6.10 Å². The van der Waals surface area contributed by atoms with Gasteiger partial charge in [0.2, 0.25) is 0 Å². The molecule has 1 rings (SSSR count). The number of hydrogen-bond acceptors (Lipinski definition) is 11. The van der Waals surface area contributed by atoms with Crippen LogP contribution in [0.3, 0.4) is 0 Å². The van der Waals surface area contributed by atoms with Crippen molar-refractivity contribution in [1.82, 2.24) is 0 Å². The molecule has 1 unspecified atom stereocenters. The summed E-state index contributed by atoms with van der Waals surface area (Å²) in [5.41, 5.74) is 0. The molecule has 1 fully saturated rings. The molecular weight excluding hydrogens is 797 g/mol.